The fraction of sp³-hybridized carbons (Fsp3) is 0.385. The van der Waals surface area contributed by atoms with Crippen LogP contribution in [0.15, 0.2) is 29.4 Å². The third kappa shape index (κ3) is 4.35. The van der Waals surface area contributed by atoms with Gasteiger partial charge in [0, 0.05) is 24.0 Å². The highest BCUT2D eigenvalue weighted by molar-refractivity contribution is 8.76. The van der Waals surface area contributed by atoms with Gasteiger partial charge in [-0.3, -0.25) is 4.79 Å². The Morgan fingerprint density at radius 3 is 2.70 bits per heavy atom. The molecule has 0 spiro atoms. The van der Waals surface area contributed by atoms with Crippen molar-refractivity contribution in [1.82, 2.24) is 5.32 Å². The van der Waals surface area contributed by atoms with Crippen molar-refractivity contribution >= 4 is 33.2 Å². The minimum atomic E-state index is -0.335. The van der Waals surface area contributed by atoms with Crippen LogP contribution in [0.5, 0.6) is 5.75 Å². The normalized spacial score (nSPS) is 19.6. The standard InChI is InChI=1S/C13H16N2O3S2/c16-11-3-1-9(2-4-11)7-12(15-18)13(17)14-10-5-6-19-20-8-10/h1-4,10,16,18H,5-8H2,(H,14,17)/b15-12+. The summed E-state index contributed by atoms with van der Waals surface area (Å²) < 4.78 is 0. The van der Waals surface area contributed by atoms with Crippen LogP contribution >= 0.6 is 21.6 Å². The van der Waals surface area contributed by atoms with E-state index in [0.29, 0.717) is 0 Å². The minimum absolute atomic E-state index is 0.0823. The maximum Gasteiger partial charge on any atom is 0.269 e. The summed E-state index contributed by atoms with van der Waals surface area (Å²) in [6.07, 6.45) is 1.17. The lowest BCUT2D eigenvalue weighted by Gasteiger charge is -2.21. The molecule has 5 nitrogen and oxygen atoms in total. The van der Waals surface area contributed by atoms with Crippen LogP contribution in [0, 0.1) is 0 Å². The van der Waals surface area contributed by atoms with Crippen LogP contribution in [-0.2, 0) is 11.2 Å². The largest absolute Gasteiger partial charge is 0.508 e. The molecule has 1 aromatic rings. The van der Waals surface area contributed by atoms with Gasteiger partial charge < -0.3 is 15.6 Å². The zero-order chi connectivity index (χ0) is 14.4. The van der Waals surface area contributed by atoms with E-state index in [2.05, 4.69) is 10.5 Å². The van der Waals surface area contributed by atoms with Crippen molar-refractivity contribution in [2.75, 3.05) is 11.5 Å². The number of hydrogen-bond acceptors (Lipinski definition) is 6. The fourth-order valence-electron chi connectivity index (χ4n) is 1.81. The minimum Gasteiger partial charge on any atom is -0.508 e. The molecule has 1 aliphatic heterocycles. The van der Waals surface area contributed by atoms with Gasteiger partial charge in [0.1, 0.15) is 11.5 Å². The predicted octanol–water partition coefficient (Wildman–Crippen LogP) is 2.03. The van der Waals surface area contributed by atoms with Gasteiger partial charge in [0.2, 0.25) is 0 Å². The number of benzene rings is 1. The highest BCUT2D eigenvalue weighted by Crippen LogP contribution is 2.29. The summed E-state index contributed by atoms with van der Waals surface area (Å²) in [5.41, 5.74) is 0.887. The van der Waals surface area contributed by atoms with Gasteiger partial charge in [0.25, 0.3) is 5.91 Å². The average Bonchev–Trinajstić information content (AvgIpc) is 2.47. The van der Waals surface area contributed by atoms with E-state index < -0.39 is 0 Å². The number of carbonyl (C=O) groups is 1. The van der Waals surface area contributed by atoms with Gasteiger partial charge in [-0.15, -0.1) is 0 Å². The van der Waals surface area contributed by atoms with E-state index >= 15 is 0 Å². The summed E-state index contributed by atoms with van der Waals surface area (Å²) >= 11 is 0. The molecular formula is C13H16N2O3S2. The molecule has 0 aromatic heterocycles. The van der Waals surface area contributed by atoms with Gasteiger partial charge in [0.05, 0.1) is 0 Å². The molecule has 1 fully saturated rings. The molecule has 1 unspecified atom stereocenters. The Hall–Kier alpha value is -1.34. The number of carbonyl (C=O) groups excluding carboxylic acids is 1. The average molecular weight is 312 g/mol. The molecule has 1 heterocycles. The number of rotatable bonds is 4. The van der Waals surface area contributed by atoms with E-state index in [0.717, 1.165) is 23.5 Å². The Morgan fingerprint density at radius 2 is 2.10 bits per heavy atom. The summed E-state index contributed by atoms with van der Waals surface area (Å²) in [6.45, 7) is 0. The second kappa shape index (κ2) is 7.44. The molecule has 0 aliphatic carbocycles. The Morgan fingerprint density at radius 1 is 1.35 bits per heavy atom. The number of amides is 1. The van der Waals surface area contributed by atoms with Crippen LogP contribution in [0.2, 0.25) is 0 Å². The Bertz CT molecular complexity index is 485. The van der Waals surface area contributed by atoms with Crippen LogP contribution < -0.4 is 5.32 Å². The van der Waals surface area contributed by atoms with Crippen molar-refractivity contribution in [1.29, 1.82) is 0 Å². The van der Waals surface area contributed by atoms with E-state index in [1.165, 1.54) is 12.1 Å². The monoisotopic (exact) mass is 312 g/mol. The molecule has 108 valence electrons. The van der Waals surface area contributed by atoms with Gasteiger partial charge in [-0.25, -0.2) is 0 Å². The molecule has 1 amide bonds. The van der Waals surface area contributed by atoms with Crippen molar-refractivity contribution in [2.24, 2.45) is 5.16 Å². The summed E-state index contributed by atoms with van der Waals surface area (Å²) in [5, 5.41) is 24.2. The topological polar surface area (TPSA) is 81.9 Å². The molecule has 2 rings (SSSR count). The van der Waals surface area contributed by atoms with Crippen molar-refractivity contribution < 1.29 is 15.1 Å². The number of aromatic hydroxyl groups is 1. The number of oxime groups is 1. The number of phenolic OH excluding ortho intramolecular Hbond substituents is 1. The summed E-state index contributed by atoms with van der Waals surface area (Å²) in [7, 11) is 3.55. The first kappa shape index (κ1) is 15.1. The first-order valence-corrected chi connectivity index (χ1v) is 8.72. The summed E-state index contributed by atoms with van der Waals surface area (Å²) in [5.74, 6) is 1.71. The van der Waals surface area contributed by atoms with Crippen molar-refractivity contribution in [3.8, 4) is 5.75 Å². The SMILES string of the molecule is O=C(NC1CCSSC1)/C(Cc1ccc(O)cc1)=N/O. The summed E-state index contributed by atoms with van der Waals surface area (Å²) in [4.78, 5) is 12.0. The van der Waals surface area contributed by atoms with E-state index in [4.69, 9.17) is 5.21 Å². The van der Waals surface area contributed by atoms with Gasteiger partial charge in [-0.2, -0.15) is 0 Å². The third-order valence-electron chi connectivity index (χ3n) is 2.93. The lowest BCUT2D eigenvalue weighted by atomic mass is 10.1. The summed E-state index contributed by atoms with van der Waals surface area (Å²) in [6, 6.07) is 6.60. The lowest BCUT2D eigenvalue weighted by Crippen LogP contribution is -2.42. The first-order valence-electron chi connectivity index (χ1n) is 6.23. The number of hydrogen-bond donors (Lipinski definition) is 3. The van der Waals surface area contributed by atoms with Crippen LogP contribution in [0.25, 0.3) is 0 Å². The van der Waals surface area contributed by atoms with Crippen molar-refractivity contribution in [3.63, 3.8) is 0 Å². The highest BCUT2D eigenvalue weighted by Gasteiger charge is 2.20. The number of nitrogens with one attached hydrogen (secondary N) is 1. The molecule has 1 atom stereocenters. The molecule has 3 N–H and O–H groups in total. The zero-order valence-corrected chi connectivity index (χ0v) is 12.4. The van der Waals surface area contributed by atoms with Gasteiger partial charge in [0.15, 0.2) is 0 Å². The molecule has 7 heteroatoms. The second-order valence-electron chi connectivity index (χ2n) is 4.46. The van der Waals surface area contributed by atoms with Crippen molar-refractivity contribution in [2.45, 2.75) is 18.9 Å². The molecule has 0 radical (unpaired) electrons. The van der Waals surface area contributed by atoms with Crippen LogP contribution in [-0.4, -0.2) is 39.5 Å². The van der Waals surface area contributed by atoms with Crippen LogP contribution in [0.4, 0.5) is 0 Å². The quantitative estimate of drug-likeness (QED) is 0.343. The molecule has 0 saturated carbocycles. The van der Waals surface area contributed by atoms with E-state index in [9.17, 15) is 9.90 Å². The van der Waals surface area contributed by atoms with Crippen LogP contribution in [0.3, 0.4) is 0 Å². The molecular weight excluding hydrogens is 296 g/mol. The molecule has 1 aliphatic rings. The van der Waals surface area contributed by atoms with E-state index in [-0.39, 0.29) is 29.8 Å². The maximum atomic E-state index is 12.0. The molecule has 0 bridgehead atoms. The number of phenols is 1. The number of nitrogens with zero attached hydrogens (tertiary/aromatic N) is 1. The van der Waals surface area contributed by atoms with E-state index in [1.54, 1.807) is 33.7 Å². The van der Waals surface area contributed by atoms with Gasteiger partial charge >= 0.3 is 0 Å². The fourth-order valence-corrected chi connectivity index (χ4v) is 4.25. The highest BCUT2D eigenvalue weighted by atomic mass is 33.1. The third-order valence-corrected chi connectivity index (χ3v) is 5.44. The Balaban J connectivity index is 1.93. The smallest absolute Gasteiger partial charge is 0.269 e. The molecule has 1 aromatic carbocycles. The maximum absolute atomic E-state index is 12.0. The Labute approximate surface area is 125 Å². The van der Waals surface area contributed by atoms with E-state index in [1.807, 2.05) is 0 Å². The molecule has 1 saturated heterocycles. The van der Waals surface area contributed by atoms with Gasteiger partial charge in [-0.1, -0.05) is 38.9 Å². The second-order valence-corrected chi connectivity index (χ2v) is 7.08. The van der Waals surface area contributed by atoms with Crippen molar-refractivity contribution in [3.05, 3.63) is 29.8 Å². The zero-order valence-electron chi connectivity index (χ0n) is 10.8. The molecule has 20 heavy (non-hydrogen) atoms. The van der Waals surface area contributed by atoms with Crippen LogP contribution in [0.1, 0.15) is 12.0 Å². The first-order chi connectivity index (χ1) is 9.69. The van der Waals surface area contributed by atoms with Gasteiger partial charge in [-0.05, 0) is 24.1 Å². The predicted molar refractivity (Wildman–Crippen MR) is 82.5 cm³/mol. The lowest BCUT2D eigenvalue weighted by molar-refractivity contribution is -0.115. The Kier molecular flexibility index (Phi) is 5.60.